The Morgan fingerprint density at radius 3 is 2.67 bits per heavy atom. The average molecular weight is 252 g/mol. The number of hydrogen-bond donors (Lipinski definition) is 1. The predicted molar refractivity (Wildman–Crippen MR) is 69.0 cm³/mol. The fraction of sp³-hybridized carbons (Fsp3) is 0.929. The maximum absolute atomic E-state index is 12.6. The van der Waals surface area contributed by atoms with Crippen LogP contribution >= 0.6 is 0 Å². The molecule has 102 valence electrons. The van der Waals surface area contributed by atoms with Crippen molar-refractivity contribution in [1.82, 2.24) is 10.2 Å². The Morgan fingerprint density at radius 2 is 2.11 bits per heavy atom. The number of rotatable bonds is 4. The van der Waals surface area contributed by atoms with E-state index in [0.29, 0.717) is 18.4 Å². The van der Waals surface area contributed by atoms with Crippen molar-refractivity contribution in [1.29, 1.82) is 0 Å². The lowest BCUT2D eigenvalue weighted by molar-refractivity contribution is -0.134. The molecule has 2 unspecified atom stereocenters. The summed E-state index contributed by atoms with van der Waals surface area (Å²) in [6, 6.07) is 0.181. The number of amides is 1. The Hall–Kier alpha value is -0.610. The largest absolute Gasteiger partial charge is 0.383 e. The first kappa shape index (κ1) is 12.4. The summed E-state index contributed by atoms with van der Waals surface area (Å²) < 4.78 is 5.24. The highest BCUT2D eigenvalue weighted by molar-refractivity contribution is 5.92. The molecule has 2 aliphatic carbocycles. The minimum atomic E-state index is -0.185. The van der Waals surface area contributed by atoms with Crippen molar-refractivity contribution in [2.45, 2.75) is 63.2 Å². The molecule has 3 aliphatic rings. The van der Waals surface area contributed by atoms with Crippen LogP contribution in [-0.4, -0.2) is 42.3 Å². The number of carbonyl (C=O) groups is 1. The minimum Gasteiger partial charge on any atom is -0.383 e. The maximum atomic E-state index is 12.6. The van der Waals surface area contributed by atoms with E-state index in [4.69, 9.17) is 4.74 Å². The zero-order valence-corrected chi connectivity index (χ0v) is 11.4. The van der Waals surface area contributed by atoms with Crippen molar-refractivity contribution in [3.63, 3.8) is 0 Å². The van der Waals surface area contributed by atoms with Crippen molar-refractivity contribution in [3.05, 3.63) is 0 Å². The third-order valence-corrected chi connectivity index (χ3v) is 4.85. The third kappa shape index (κ3) is 1.86. The van der Waals surface area contributed by atoms with Crippen molar-refractivity contribution in [2.24, 2.45) is 5.92 Å². The molecule has 1 amide bonds. The van der Waals surface area contributed by atoms with Gasteiger partial charge in [-0.05, 0) is 38.5 Å². The highest BCUT2D eigenvalue weighted by Gasteiger charge is 2.61. The van der Waals surface area contributed by atoms with E-state index in [9.17, 15) is 4.79 Å². The Labute approximate surface area is 109 Å². The fourth-order valence-corrected chi connectivity index (χ4v) is 3.68. The number of methoxy groups -OCH3 is 1. The third-order valence-electron chi connectivity index (χ3n) is 4.85. The molecular formula is C14H24N2O2. The standard InChI is InChI=1S/C14H24N2O2/c1-10(9-18-2)16-12(11-5-3-4-6-11)15-14(7-8-14)13(16)17/h10-12,15H,3-9H2,1-2H3. The highest BCUT2D eigenvalue weighted by Crippen LogP contribution is 2.46. The van der Waals surface area contributed by atoms with Gasteiger partial charge in [-0.25, -0.2) is 0 Å². The first-order valence-electron chi connectivity index (χ1n) is 7.27. The number of nitrogens with one attached hydrogen (secondary N) is 1. The summed E-state index contributed by atoms with van der Waals surface area (Å²) in [4.78, 5) is 14.7. The predicted octanol–water partition coefficient (Wildman–Crippen LogP) is 1.50. The molecule has 1 saturated heterocycles. The summed E-state index contributed by atoms with van der Waals surface area (Å²) in [5.74, 6) is 0.970. The van der Waals surface area contributed by atoms with Gasteiger partial charge in [0.25, 0.3) is 0 Å². The van der Waals surface area contributed by atoms with Gasteiger partial charge in [-0.2, -0.15) is 0 Å². The summed E-state index contributed by atoms with van der Waals surface area (Å²) in [6.07, 6.45) is 7.45. The quantitative estimate of drug-likeness (QED) is 0.824. The van der Waals surface area contributed by atoms with Crippen molar-refractivity contribution in [3.8, 4) is 0 Å². The van der Waals surface area contributed by atoms with E-state index in [2.05, 4.69) is 17.1 Å². The minimum absolute atomic E-state index is 0.181. The highest BCUT2D eigenvalue weighted by atomic mass is 16.5. The number of hydrogen-bond acceptors (Lipinski definition) is 3. The van der Waals surface area contributed by atoms with Gasteiger partial charge >= 0.3 is 0 Å². The van der Waals surface area contributed by atoms with E-state index >= 15 is 0 Å². The lowest BCUT2D eigenvalue weighted by Crippen LogP contribution is -2.48. The normalized spacial score (nSPS) is 32.4. The smallest absolute Gasteiger partial charge is 0.244 e. The molecule has 1 heterocycles. The molecule has 3 fully saturated rings. The second-order valence-electron chi connectivity index (χ2n) is 6.23. The van der Waals surface area contributed by atoms with Crippen LogP contribution < -0.4 is 5.32 Å². The molecule has 0 bridgehead atoms. The molecule has 2 atom stereocenters. The van der Waals surface area contributed by atoms with E-state index in [1.54, 1.807) is 7.11 Å². The average Bonchev–Trinajstić information content (AvgIpc) is 2.83. The Morgan fingerprint density at radius 1 is 1.44 bits per heavy atom. The summed E-state index contributed by atoms with van der Waals surface area (Å²) in [5.41, 5.74) is -0.185. The summed E-state index contributed by atoms with van der Waals surface area (Å²) >= 11 is 0. The van der Waals surface area contributed by atoms with Crippen LogP contribution in [0.2, 0.25) is 0 Å². The molecule has 1 spiro atoms. The molecule has 3 rings (SSSR count). The van der Waals surface area contributed by atoms with Gasteiger partial charge in [0.1, 0.15) is 0 Å². The molecular weight excluding hydrogens is 228 g/mol. The maximum Gasteiger partial charge on any atom is 0.244 e. The molecule has 0 aromatic carbocycles. The summed E-state index contributed by atoms with van der Waals surface area (Å²) in [5, 5.41) is 3.64. The first-order valence-corrected chi connectivity index (χ1v) is 7.27. The van der Waals surface area contributed by atoms with Gasteiger partial charge in [-0.1, -0.05) is 12.8 Å². The number of ether oxygens (including phenoxy) is 1. The second kappa shape index (κ2) is 4.49. The zero-order chi connectivity index (χ0) is 12.8. The van der Waals surface area contributed by atoms with E-state index in [0.717, 1.165) is 12.8 Å². The van der Waals surface area contributed by atoms with E-state index in [-0.39, 0.29) is 17.7 Å². The van der Waals surface area contributed by atoms with Crippen LogP contribution in [0.5, 0.6) is 0 Å². The van der Waals surface area contributed by atoms with Gasteiger partial charge in [-0.3, -0.25) is 10.1 Å². The van der Waals surface area contributed by atoms with E-state index in [1.807, 2.05) is 0 Å². The lowest BCUT2D eigenvalue weighted by atomic mass is 10.0. The Bertz CT molecular complexity index is 335. The molecule has 4 heteroatoms. The molecule has 0 aromatic rings. The first-order chi connectivity index (χ1) is 8.68. The molecule has 4 nitrogen and oxygen atoms in total. The molecule has 18 heavy (non-hydrogen) atoms. The molecule has 1 N–H and O–H groups in total. The van der Waals surface area contributed by atoms with Crippen LogP contribution in [0.15, 0.2) is 0 Å². The van der Waals surface area contributed by atoms with Crippen molar-refractivity contribution < 1.29 is 9.53 Å². The Kier molecular flexibility index (Phi) is 3.10. The van der Waals surface area contributed by atoms with Crippen molar-refractivity contribution >= 4 is 5.91 Å². The molecule has 0 aromatic heterocycles. The van der Waals surface area contributed by atoms with E-state index < -0.39 is 0 Å². The zero-order valence-electron chi connectivity index (χ0n) is 11.4. The van der Waals surface area contributed by atoms with Gasteiger partial charge < -0.3 is 9.64 Å². The van der Waals surface area contributed by atoms with Gasteiger partial charge in [0, 0.05) is 7.11 Å². The van der Waals surface area contributed by atoms with Crippen LogP contribution in [0.3, 0.4) is 0 Å². The van der Waals surface area contributed by atoms with Crippen LogP contribution in [0, 0.1) is 5.92 Å². The number of nitrogens with zero attached hydrogens (tertiary/aromatic N) is 1. The SMILES string of the molecule is COCC(C)N1C(=O)C2(CC2)NC1C1CCCC1. The summed E-state index contributed by atoms with van der Waals surface area (Å²) in [6.45, 7) is 2.74. The van der Waals surface area contributed by atoms with Gasteiger partial charge in [0.2, 0.25) is 5.91 Å². The summed E-state index contributed by atoms with van der Waals surface area (Å²) in [7, 11) is 1.71. The topological polar surface area (TPSA) is 41.6 Å². The van der Waals surface area contributed by atoms with Crippen LogP contribution in [0.1, 0.15) is 45.4 Å². The van der Waals surface area contributed by atoms with Crippen LogP contribution in [0.4, 0.5) is 0 Å². The van der Waals surface area contributed by atoms with Crippen molar-refractivity contribution in [2.75, 3.05) is 13.7 Å². The Balaban J connectivity index is 1.79. The number of carbonyl (C=O) groups excluding carboxylic acids is 1. The van der Waals surface area contributed by atoms with Gasteiger partial charge in [-0.15, -0.1) is 0 Å². The van der Waals surface area contributed by atoms with Gasteiger partial charge in [0.15, 0.2) is 0 Å². The molecule has 1 aliphatic heterocycles. The molecule has 0 radical (unpaired) electrons. The van der Waals surface area contributed by atoms with Crippen LogP contribution in [0.25, 0.3) is 0 Å². The van der Waals surface area contributed by atoms with E-state index in [1.165, 1.54) is 25.7 Å². The fourth-order valence-electron chi connectivity index (χ4n) is 3.68. The molecule has 2 saturated carbocycles. The van der Waals surface area contributed by atoms with Crippen LogP contribution in [-0.2, 0) is 9.53 Å². The van der Waals surface area contributed by atoms with Gasteiger partial charge in [0.05, 0.1) is 24.4 Å². The lowest BCUT2D eigenvalue weighted by Gasteiger charge is -2.33. The monoisotopic (exact) mass is 252 g/mol. The second-order valence-corrected chi connectivity index (χ2v) is 6.23.